The summed E-state index contributed by atoms with van der Waals surface area (Å²) in [7, 11) is 1.71. The molecule has 0 amide bonds. The van der Waals surface area contributed by atoms with Crippen molar-refractivity contribution < 1.29 is 4.74 Å². The molecule has 0 atom stereocenters. The molecule has 0 aliphatic rings. The Balaban J connectivity index is -0.0000000800. The van der Waals surface area contributed by atoms with Gasteiger partial charge in [0.1, 0.15) is 0 Å². The number of hydrogen-bond donors (Lipinski definition) is 0. The summed E-state index contributed by atoms with van der Waals surface area (Å²) in [5, 5.41) is 0. The second kappa shape index (κ2) is 24.6. The van der Waals surface area contributed by atoms with Gasteiger partial charge in [-0.1, -0.05) is 34.6 Å². The van der Waals surface area contributed by atoms with Gasteiger partial charge in [-0.2, -0.15) is 0 Å². The maximum absolute atomic E-state index is 4.69. The predicted molar refractivity (Wildman–Crippen MR) is 44.9 cm³/mol. The van der Waals surface area contributed by atoms with Crippen molar-refractivity contribution >= 4 is 0 Å². The molecule has 1 heteroatoms. The average molecular weight is 134 g/mol. The van der Waals surface area contributed by atoms with E-state index in [4.69, 9.17) is 4.74 Å². The molecule has 0 saturated heterocycles. The van der Waals surface area contributed by atoms with Gasteiger partial charge in [-0.25, -0.2) is 0 Å². The summed E-state index contributed by atoms with van der Waals surface area (Å²) < 4.78 is 4.69. The molecule has 0 aliphatic carbocycles. The first-order chi connectivity index (χ1) is 3.83. The Kier molecular flexibility index (Phi) is 43.7. The van der Waals surface area contributed by atoms with E-state index in [1.54, 1.807) is 7.11 Å². The molecule has 0 saturated carbocycles. The SMILES string of the molecule is C.CCC.CCCOC. The zero-order valence-corrected chi connectivity index (χ0v) is 6.53. The molecule has 1 nitrogen and oxygen atoms in total. The molecule has 0 N–H and O–H groups in total. The van der Waals surface area contributed by atoms with Crippen LogP contribution in [0.25, 0.3) is 0 Å². The molecule has 60 valence electrons. The van der Waals surface area contributed by atoms with Crippen LogP contribution in [0.3, 0.4) is 0 Å². The van der Waals surface area contributed by atoms with Crippen LogP contribution < -0.4 is 0 Å². The van der Waals surface area contributed by atoms with Crippen LogP contribution in [0.15, 0.2) is 0 Å². The third-order valence-electron chi connectivity index (χ3n) is 0.408. The topological polar surface area (TPSA) is 9.23 Å². The maximum Gasteiger partial charge on any atom is 0.0459 e. The fourth-order valence-corrected chi connectivity index (χ4v) is 0.204. The van der Waals surface area contributed by atoms with Crippen LogP contribution in [0, 0.1) is 0 Å². The minimum atomic E-state index is 0. The Hall–Kier alpha value is -0.0400. The second-order valence-electron chi connectivity index (χ2n) is 1.70. The first kappa shape index (κ1) is 16.0. The highest BCUT2D eigenvalue weighted by molar-refractivity contribution is 4.15. The summed E-state index contributed by atoms with van der Waals surface area (Å²) >= 11 is 0. The lowest BCUT2D eigenvalue weighted by molar-refractivity contribution is 0.199. The van der Waals surface area contributed by atoms with Crippen LogP contribution in [-0.4, -0.2) is 13.7 Å². The quantitative estimate of drug-likeness (QED) is 0.564. The van der Waals surface area contributed by atoms with Crippen molar-refractivity contribution in [3.63, 3.8) is 0 Å². The van der Waals surface area contributed by atoms with Gasteiger partial charge in [0, 0.05) is 13.7 Å². The van der Waals surface area contributed by atoms with Crippen LogP contribution in [-0.2, 0) is 4.74 Å². The molecular weight excluding hydrogens is 112 g/mol. The van der Waals surface area contributed by atoms with Crippen molar-refractivity contribution in [2.24, 2.45) is 0 Å². The molecule has 0 bridgehead atoms. The molecule has 0 aromatic heterocycles. The van der Waals surface area contributed by atoms with Crippen molar-refractivity contribution in [1.29, 1.82) is 0 Å². The number of methoxy groups -OCH3 is 1. The van der Waals surface area contributed by atoms with E-state index in [1.807, 2.05) is 0 Å². The van der Waals surface area contributed by atoms with Gasteiger partial charge in [0.25, 0.3) is 0 Å². The lowest BCUT2D eigenvalue weighted by atomic mass is 10.5. The highest BCUT2D eigenvalue weighted by Gasteiger charge is 1.66. The van der Waals surface area contributed by atoms with Crippen LogP contribution in [0.4, 0.5) is 0 Å². The van der Waals surface area contributed by atoms with Gasteiger partial charge in [0.05, 0.1) is 0 Å². The van der Waals surface area contributed by atoms with E-state index in [1.165, 1.54) is 6.42 Å². The summed E-state index contributed by atoms with van der Waals surface area (Å²) in [6.45, 7) is 7.23. The minimum absolute atomic E-state index is 0. The molecule has 0 aromatic rings. The molecule has 0 spiro atoms. The largest absolute Gasteiger partial charge is 0.385 e. The van der Waals surface area contributed by atoms with Crippen LogP contribution in [0.5, 0.6) is 0 Å². The number of hydrogen-bond acceptors (Lipinski definition) is 1. The highest BCUT2D eigenvalue weighted by Crippen LogP contribution is 1.70. The Morgan fingerprint density at radius 1 is 1.11 bits per heavy atom. The fraction of sp³-hybridized carbons (Fsp3) is 1.00. The third-order valence-corrected chi connectivity index (χ3v) is 0.408. The molecule has 0 radical (unpaired) electrons. The van der Waals surface area contributed by atoms with E-state index >= 15 is 0 Å². The predicted octanol–water partition coefficient (Wildman–Crippen LogP) is 3.10. The van der Waals surface area contributed by atoms with E-state index < -0.39 is 0 Å². The monoisotopic (exact) mass is 134 g/mol. The van der Waals surface area contributed by atoms with Gasteiger partial charge in [0.15, 0.2) is 0 Å². The van der Waals surface area contributed by atoms with Gasteiger partial charge in [0.2, 0.25) is 0 Å². The van der Waals surface area contributed by atoms with Gasteiger partial charge in [-0.05, 0) is 6.42 Å². The number of rotatable bonds is 2. The molecule has 0 rings (SSSR count). The zero-order valence-electron chi connectivity index (χ0n) is 6.53. The standard InChI is InChI=1S/C4H10O.C3H8.CH4/c1-3-4-5-2;1-3-2;/h3-4H2,1-2H3;3H2,1-2H3;1H4. The smallest absolute Gasteiger partial charge is 0.0459 e. The molecule has 0 aromatic carbocycles. The van der Waals surface area contributed by atoms with Gasteiger partial charge < -0.3 is 4.74 Å². The van der Waals surface area contributed by atoms with E-state index in [0.717, 1.165) is 13.0 Å². The fourth-order valence-electron chi connectivity index (χ4n) is 0.204. The minimum Gasteiger partial charge on any atom is -0.385 e. The van der Waals surface area contributed by atoms with Crippen LogP contribution in [0.2, 0.25) is 0 Å². The summed E-state index contributed by atoms with van der Waals surface area (Å²) in [5.74, 6) is 0. The molecule has 0 unspecified atom stereocenters. The third kappa shape index (κ3) is 73.6. The van der Waals surface area contributed by atoms with Crippen LogP contribution >= 0.6 is 0 Å². The molecule has 9 heavy (non-hydrogen) atoms. The lowest BCUT2D eigenvalue weighted by Crippen LogP contribution is -1.80. The van der Waals surface area contributed by atoms with E-state index in [0.29, 0.717) is 0 Å². The zero-order chi connectivity index (χ0) is 6.83. The summed E-state index contributed by atoms with van der Waals surface area (Å²) in [6, 6.07) is 0. The summed E-state index contributed by atoms with van der Waals surface area (Å²) in [4.78, 5) is 0. The van der Waals surface area contributed by atoms with Crippen molar-refractivity contribution in [2.45, 2.75) is 41.0 Å². The van der Waals surface area contributed by atoms with Gasteiger partial charge >= 0.3 is 0 Å². The van der Waals surface area contributed by atoms with Crippen molar-refractivity contribution in [3.05, 3.63) is 0 Å². The molecule has 0 aliphatic heterocycles. The van der Waals surface area contributed by atoms with E-state index in [-0.39, 0.29) is 7.43 Å². The lowest BCUT2D eigenvalue weighted by Gasteiger charge is -1.84. The normalized spacial score (nSPS) is 6.67. The van der Waals surface area contributed by atoms with E-state index in [9.17, 15) is 0 Å². The molecular formula is C8H22O. The first-order valence-electron chi connectivity index (χ1n) is 3.32. The summed E-state index contributed by atoms with van der Waals surface area (Å²) in [6.07, 6.45) is 2.37. The van der Waals surface area contributed by atoms with E-state index in [2.05, 4.69) is 20.8 Å². The van der Waals surface area contributed by atoms with Gasteiger partial charge in [-0.15, -0.1) is 0 Å². The van der Waals surface area contributed by atoms with Crippen molar-refractivity contribution in [1.82, 2.24) is 0 Å². The van der Waals surface area contributed by atoms with Crippen molar-refractivity contribution in [2.75, 3.05) is 13.7 Å². The number of ether oxygens (including phenoxy) is 1. The van der Waals surface area contributed by atoms with Gasteiger partial charge in [-0.3, -0.25) is 0 Å². The molecule has 0 fully saturated rings. The molecule has 0 heterocycles. The van der Waals surface area contributed by atoms with Crippen LogP contribution in [0.1, 0.15) is 41.0 Å². The summed E-state index contributed by atoms with van der Waals surface area (Å²) in [5.41, 5.74) is 0. The maximum atomic E-state index is 4.69. The second-order valence-corrected chi connectivity index (χ2v) is 1.70. The average Bonchev–Trinajstić information content (AvgIpc) is 1.71. The Morgan fingerprint density at radius 3 is 1.44 bits per heavy atom. The first-order valence-corrected chi connectivity index (χ1v) is 3.32. The Morgan fingerprint density at radius 2 is 1.44 bits per heavy atom. The Labute approximate surface area is 60.4 Å². The Bertz CT molecular complexity index is 18.5. The van der Waals surface area contributed by atoms with Crippen molar-refractivity contribution in [3.8, 4) is 0 Å². The highest BCUT2D eigenvalue weighted by atomic mass is 16.5.